The van der Waals surface area contributed by atoms with Crippen molar-refractivity contribution in [2.45, 2.75) is 39.7 Å². The predicted octanol–water partition coefficient (Wildman–Crippen LogP) is 2.41. The molecule has 0 aliphatic heterocycles. The Morgan fingerprint density at radius 1 is 1.53 bits per heavy atom. The van der Waals surface area contributed by atoms with Crippen molar-refractivity contribution in [2.75, 3.05) is 5.88 Å². The van der Waals surface area contributed by atoms with Crippen LogP contribution in [0.2, 0.25) is 0 Å². The number of halogens is 1. The number of Topliss-reactive ketones (excluding diaryl/α,β-unsaturated/α-hetero) is 1. The van der Waals surface area contributed by atoms with E-state index < -0.39 is 5.97 Å². The van der Waals surface area contributed by atoms with Gasteiger partial charge < -0.3 is 4.74 Å². The third-order valence-electron chi connectivity index (χ3n) is 4.49. The summed E-state index contributed by atoms with van der Waals surface area (Å²) in [5, 5.41) is 0. The molecule has 17 heavy (non-hydrogen) atoms. The number of ketones is 1. The quantitative estimate of drug-likeness (QED) is 0.564. The number of carbonyl (C=O) groups is 2. The minimum Gasteiger partial charge on any atom is -0.461 e. The summed E-state index contributed by atoms with van der Waals surface area (Å²) in [6.07, 6.45) is 1.37. The zero-order valence-corrected chi connectivity index (χ0v) is 11.3. The highest BCUT2D eigenvalue weighted by molar-refractivity contribution is 6.26. The summed E-state index contributed by atoms with van der Waals surface area (Å²) in [6, 6.07) is 0. The van der Waals surface area contributed by atoms with Gasteiger partial charge in [-0.3, -0.25) is 9.59 Å². The van der Waals surface area contributed by atoms with Crippen LogP contribution in [0.25, 0.3) is 0 Å². The molecule has 3 nitrogen and oxygen atoms in total. The number of hydrogen-bond acceptors (Lipinski definition) is 3. The van der Waals surface area contributed by atoms with Crippen molar-refractivity contribution in [3.63, 3.8) is 0 Å². The fourth-order valence-electron chi connectivity index (χ4n) is 3.61. The van der Waals surface area contributed by atoms with Crippen molar-refractivity contribution in [2.24, 2.45) is 23.2 Å². The second kappa shape index (κ2) is 4.27. The van der Waals surface area contributed by atoms with Crippen molar-refractivity contribution in [3.05, 3.63) is 0 Å². The lowest BCUT2D eigenvalue weighted by Gasteiger charge is -2.53. The van der Waals surface area contributed by atoms with Crippen LogP contribution in [-0.4, -0.2) is 23.7 Å². The molecule has 4 atom stereocenters. The maximum Gasteiger partial charge on any atom is 0.321 e. The fraction of sp³-hybridized carbons (Fsp3) is 0.846. The normalized spacial score (nSPS) is 39.2. The van der Waals surface area contributed by atoms with Gasteiger partial charge in [-0.05, 0) is 24.2 Å². The van der Waals surface area contributed by atoms with E-state index in [1.165, 1.54) is 0 Å². The molecule has 0 aromatic rings. The largest absolute Gasteiger partial charge is 0.461 e. The zero-order valence-electron chi connectivity index (χ0n) is 10.5. The van der Waals surface area contributed by atoms with E-state index in [1.807, 2.05) is 6.92 Å². The summed E-state index contributed by atoms with van der Waals surface area (Å²) in [7, 11) is 0. The smallest absolute Gasteiger partial charge is 0.321 e. The van der Waals surface area contributed by atoms with Gasteiger partial charge in [0.05, 0.1) is 5.92 Å². The van der Waals surface area contributed by atoms with Gasteiger partial charge in [0.2, 0.25) is 0 Å². The van der Waals surface area contributed by atoms with E-state index in [1.54, 1.807) is 0 Å². The molecule has 0 N–H and O–H groups in total. The fourth-order valence-corrected chi connectivity index (χ4v) is 3.68. The first-order valence-electron chi connectivity index (χ1n) is 6.16. The van der Waals surface area contributed by atoms with Gasteiger partial charge in [0, 0.05) is 5.92 Å². The minimum absolute atomic E-state index is 0.0923. The zero-order chi connectivity index (χ0) is 12.8. The highest BCUT2D eigenvalue weighted by atomic mass is 35.5. The summed E-state index contributed by atoms with van der Waals surface area (Å²) >= 11 is 5.43. The van der Waals surface area contributed by atoms with Crippen LogP contribution in [0.1, 0.15) is 33.6 Å². The third kappa shape index (κ3) is 2.10. The van der Waals surface area contributed by atoms with Crippen molar-refractivity contribution in [1.82, 2.24) is 0 Å². The maximum atomic E-state index is 12.1. The number of hydrogen-bond donors (Lipinski definition) is 0. The lowest BCUT2D eigenvalue weighted by atomic mass is 9.52. The topological polar surface area (TPSA) is 43.4 Å². The number of alkyl halides is 1. The number of carbonyl (C=O) groups excluding carboxylic acids is 2. The Bertz CT molecular complexity index is 351. The van der Waals surface area contributed by atoms with E-state index in [4.69, 9.17) is 16.3 Å². The van der Waals surface area contributed by atoms with Crippen molar-refractivity contribution in [1.29, 1.82) is 0 Å². The monoisotopic (exact) mass is 258 g/mol. The molecule has 3 aliphatic rings. The van der Waals surface area contributed by atoms with Gasteiger partial charge in [-0.15, -0.1) is 11.6 Å². The first kappa shape index (κ1) is 12.9. The second-order valence-electron chi connectivity index (χ2n) is 5.99. The van der Waals surface area contributed by atoms with Gasteiger partial charge in [0.15, 0.2) is 0 Å². The highest BCUT2D eigenvalue weighted by Gasteiger charge is 2.55. The summed E-state index contributed by atoms with van der Waals surface area (Å²) < 4.78 is 5.29. The van der Waals surface area contributed by atoms with Gasteiger partial charge in [-0.2, -0.15) is 0 Å². The predicted molar refractivity (Wildman–Crippen MR) is 64.8 cm³/mol. The summed E-state index contributed by atoms with van der Waals surface area (Å²) in [5.74, 6) is -0.0171. The Hall–Kier alpha value is -0.570. The molecule has 4 unspecified atom stereocenters. The standard InChI is InChI=1S/C13H19ClO3/c1-7-9-4-10(17-11(15)6-14)8(12(7)16)5-13(9,2)3/h7-10H,4-6H2,1-3H3. The molecular weight excluding hydrogens is 240 g/mol. The first-order chi connectivity index (χ1) is 7.86. The maximum absolute atomic E-state index is 12.1. The van der Waals surface area contributed by atoms with Crippen molar-refractivity contribution >= 4 is 23.4 Å². The Morgan fingerprint density at radius 2 is 2.18 bits per heavy atom. The van der Waals surface area contributed by atoms with Gasteiger partial charge >= 0.3 is 5.97 Å². The molecule has 96 valence electrons. The number of rotatable bonds is 2. The average Bonchev–Trinajstić information content (AvgIpc) is 2.26. The molecule has 0 spiro atoms. The summed E-state index contributed by atoms with van der Waals surface area (Å²) in [6.45, 7) is 6.40. The van der Waals surface area contributed by atoms with Crippen molar-refractivity contribution in [3.8, 4) is 0 Å². The Kier molecular flexibility index (Phi) is 3.23. The Balaban J connectivity index is 2.17. The number of esters is 1. The molecule has 4 heteroatoms. The molecule has 0 aromatic carbocycles. The molecule has 2 bridgehead atoms. The molecular formula is C13H19ClO3. The van der Waals surface area contributed by atoms with E-state index >= 15 is 0 Å². The lowest BCUT2D eigenvalue weighted by Crippen LogP contribution is -2.56. The van der Waals surface area contributed by atoms with Crippen LogP contribution in [0.3, 0.4) is 0 Å². The van der Waals surface area contributed by atoms with Gasteiger partial charge in [0.1, 0.15) is 17.8 Å². The third-order valence-corrected chi connectivity index (χ3v) is 4.71. The SMILES string of the molecule is CC1C(=O)C2CC(C)(C)C1CC2OC(=O)CCl. The molecule has 3 saturated carbocycles. The molecule has 3 fully saturated rings. The van der Waals surface area contributed by atoms with E-state index in [0.717, 1.165) is 12.8 Å². The van der Waals surface area contributed by atoms with Gasteiger partial charge in [-0.1, -0.05) is 20.8 Å². The highest BCUT2D eigenvalue weighted by Crippen LogP contribution is 2.53. The van der Waals surface area contributed by atoms with Crippen LogP contribution in [0.15, 0.2) is 0 Å². The van der Waals surface area contributed by atoms with Crippen LogP contribution in [0.5, 0.6) is 0 Å². The van der Waals surface area contributed by atoms with E-state index in [-0.39, 0.29) is 35.0 Å². The number of fused-ring (bicyclic) bond motifs is 3. The Labute approximate surface area is 107 Å². The first-order valence-corrected chi connectivity index (χ1v) is 6.69. The molecule has 0 amide bonds. The summed E-state index contributed by atoms with van der Waals surface area (Å²) in [4.78, 5) is 23.4. The summed E-state index contributed by atoms with van der Waals surface area (Å²) in [5.41, 5.74) is 0.169. The molecule has 0 saturated heterocycles. The molecule has 3 rings (SSSR count). The average molecular weight is 259 g/mol. The number of ether oxygens (including phenoxy) is 1. The van der Waals surface area contributed by atoms with Crippen LogP contribution >= 0.6 is 11.6 Å². The van der Waals surface area contributed by atoms with E-state index in [9.17, 15) is 9.59 Å². The van der Waals surface area contributed by atoms with E-state index in [2.05, 4.69) is 13.8 Å². The van der Waals surface area contributed by atoms with Gasteiger partial charge in [-0.25, -0.2) is 0 Å². The molecule has 0 heterocycles. The minimum atomic E-state index is -0.414. The van der Waals surface area contributed by atoms with E-state index in [0.29, 0.717) is 5.92 Å². The molecule has 0 aromatic heterocycles. The Morgan fingerprint density at radius 3 is 2.76 bits per heavy atom. The van der Waals surface area contributed by atoms with Crippen LogP contribution in [-0.2, 0) is 14.3 Å². The van der Waals surface area contributed by atoms with Crippen molar-refractivity contribution < 1.29 is 14.3 Å². The van der Waals surface area contributed by atoms with Crippen LogP contribution in [0.4, 0.5) is 0 Å². The second-order valence-corrected chi connectivity index (χ2v) is 6.26. The van der Waals surface area contributed by atoms with Gasteiger partial charge in [0.25, 0.3) is 0 Å². The molecule has 0 radical (unpaired) electrons. The molecule has 3 aliphatic carbocycles. The lowest BCUT2D eigenvalue weighted by molar-refractivity contribution is -0.172. The van der Waals surface area contributed by atoms with Crippen LogP contribution in [0, 0.1) is 23.2 Å². The van der Waals surface area contributed by atoms with Crippen LogP contribution < -0.4 is 0 Å².